The fourth-order valence-corrected chi connectivity index (χ4v) is 6.03. The molecule has 0 bridgehead atoms. The van der Waals surface area contributed by atoms with E-state index in [9.17, 15) is 24.0 Å². The Kier molecular flexibility index (Phi) is 21.4. The normalized spacial score (nSPS) is 12.1. The number of benzene rings is 2. The highest BCUT2D eigenvalue weighted by Crippen LogP contribution is 2.22. The molecule has 59 heavy (non-hydrogen) atoms. The lowest BCUT2D eigenvalue weighted by atomic mass is 9.87. The molecule has 14 heteroatoms. The molecule has 2 aromatic carbocycles. The molecule has 0 heterocycles. The van der Waals surface area contributed by atoms with Gasteiger partial charge in [-0.2, -0.15) is 0 Å². The van der Waals surface area contributed by atoms with Gasteiger partial charge in [-0.3, -0.25) is 19.7 Å². The summed E-state index contributed by atoms with van der Waals surface area (Å²) in [5, 5.41) is 17.2. The third kappa shape index (κ3) is 23.5. The maximum atomic E-state index is 13.0. The summed E-state index contributed by atoms with van der Waals surface area (Å²) in [6.07, 6.45) is 8.79. The average molecular weight is 839 g/mol. The number of carbonyl (C=O) groups excluding carboxylic acids is 5. The van der Waals surface area contributed by atoms with Crippen molar-refractivity contribution < 1.29 is 33.4 Å². The van der Waals surface area contributed by atoms with E-state index in [1.165, 1.54) is 0 Å². The molecule has 0 aromatic heterocycles. The SMILES string of the molecule is CC(C)(C)OC(=O)NCCCC[C@H](NC(=O)OC(C)(C)C)C(=O)NCCCCCCCCCCC(=O)Nc1ccc(NC(=S)NC(=O)c2ccc(C(C)(C)C)cc2)cc1. The average Bonchev–Trinajstić information content (AvgIpc) is 3.12. The molecule has 13 nitrogen and oxygen atoms in total. The number of hydrogen-bond acceptors (Lipinski definition) is 8. The Balaban J connectivity index is 1.58. The molecule has 0 radical (unpaired) electrons. The van der Waals surface area contributed by atoms with Crippen LogP contribution >= 0.6 is 12.2 Å². The number of amides is 5. The molecule has 5 amide bonds. The molecule has 0 fully saturated rings. The maximum absolute atomic E-state index is 13.0. The van der Waals surface area contributed by atoms with Crippen LogP contribution < -0.4 is 31.9 Å². The summed E-state index contributed by atoms with van der Waals surface area (Å²) in [4.78, 5) is 62.4. The summed E-state index contributed by atoms with van der Waals surface area (Å²) in [6, 6.07) is 13.9. The molecular weight excluding hydrogens is 769 g/mol. The second-order valence-corrected chi connectivity index (χ2v) is 18.3. The molecule has 6 N–H and O–H groups in total. The van der Waals surface area contributed by atoms with Crippen LogP contribution in [0.4, 0.5) is 21.0 Å². The molecule has 1 atom stereocenters. The van der Waals surface area contributed by atoms with Gasteiger partial charge in [-0.1, -0.05) is 71.4 Å². The number of ether oxygens (including phenoxy) is 2. The fraction of sp³-hybridized carbons (Fsp3) is 0.600. The van der Waals surface area contributed by atoms with Crippen molar-refractivity contribution in [2.24, 2.45) is 0 Å². The van der Waals surface area contributed by atoms with Crippen LogP contribution in [0.3, 0.4) is 0 Å². The first kappa shape index (κ1) is 50.4. The van der Waals surface area contributed by atoms with E-state index >= 15 is 0 Å². The standard InChI is InChI=1S/C45H70N6O7S/c1-43(2,3)33-24-22-32(23-25-33)38(53)51-40(59)49-35-28-26-34(27-29-35)48-37(52)21-16-14-12-10-11-13-15-18-30-46-39(54)36(50-42(56)58-45(7,8)9)20-17-19-31-47-41(55)57-44(4,5)6/h22-29,36H,10-21,30-31H2,1-9H3,(H,46,54)(H,47,55)(H,48,52)(H,50,56)(H2,49,51,53,59)/t36-/m0/s1. The first-order valence-electron chi connectivity index (χ1n) is 21.0. The van der Waals surface area contributed by atoms with Crippen molar-refractivity contribution >= 4 is 58.6 Å². The third-order valence-electron chi connectivity index (χ3n) is 8.89. The van der Waals surface area contributed by atoms with E-state index in [1.807, 2.05) is 12.1 Å². The monoisotopic (exact) mass is 839 g/mol. The van der Waals surface area contributed by atoms with Crippen LogP contribution in [-0.2, 0) is 24.5 Å². The summed E-state index contributed by atoms with van der Waals surface area (Å²) in [5.74, 6) is -0.578. The summed E-state index contributed by atoms with van der Waals surface area (Å²) >= 11 is 5.33. The lowest BCUT2D eigenvalue weighted by Gasteiger charge is -2.23. The number of thiocarbonyl (C=S) groups is 1. The minimum Gasteiger partial charge on any atom is -0.444 e. The Morgan fingerprint density at radius 1 is 0.593 bits per heavy atom. The zero-order valence-corrected chi connectivity index (χ0v) is 37.7. The highest BCUT2D eigenvalue weighted by Gasteiger charge is 2.24. The van der Waals surface area contributed by atoms with Crippen molar-refractivity contribution in [3.63, 3.8) is 0 Å². The molecule has 328 valence electrons. The number of rotatable bonds is 21. The van der Waals surface area contributed by atoms with Gasteiger partial charge in [0.1, 0.15) is 17.2 Å². The quantitative estimate of drug-likeness (QED) is 0.0529. The lowest BCUT2D eigenvalue weighted by Crippen LogP contribution is -2.48. The largest absolute Gasteiger partial charge is 0.444 e. The van der Waals surface area contributed by atoms with Crippen molar-refractivity contribution in [2.45, 2.75) is 162 Å². The van der Waals surface area contributed by atoms with Crippen molar-refractivity contribution in [1.82, 2.24) is 21.3 Å². The van der Waals surface area contributed by atoms with Gasteiger partial charge >= 0.3 is 12.2 Å². The van der Waals surface area contributed by atoms with E-state index in [1.54, 1.807) is 77.9 Å². The molecule has 0 aliphatic rings. The van der Waals surface area contributed by atoms with Gasteiger partial charge in [0.05, 0.1) is 0 Å². The maximum Gasteiger partial charge on any atom is 0.408 e. The van der Waals surface area contributed by atoms with Gasteiger partial charge in [0.15, 0.2) is 5.11 Å². The van der Waals surface area contributed by atoms with Gasteiger partial charge in [0.25, 0.3) is 5.91 Å². The molecule has 0 unspecified atom stereocenters. The molecule has 0 aliphatic carbocycles. The van der Waals surface area contributed by atoms with Gasteiger partial charge in [-0.15, -0.1) is 0 Å². The molecule has 0 spiro atoms. The minimum absolute atomic E-state index is 0.000621. The minimum atomic E-state index is -0.744. The van der Waals surface area contributed by atoms with E-state index in [-0.39, 0.29) is 28.2 Å². The number of alkyl carbamates (subject to hydrolysis) is 2. The van der Waals surface area contributed by atoms with Gasteiger partial charge in [-0.05, 0) is 133 Å². The van der Waals surface area contributed by atoms with Gasteiger partial charge in [0, 0.05) is 36.4 Å². The van der Waals surface area contributed by atoms with E-state index in [2.05, 4.69) is 52.7 Å². The Hall–Kier alpha value is -4.72. The van der Waals surface area contributed by atoms with Gasteiger partial charge in [0.2, 0.25) is 11.8 Å². The summed E-state index contributed by atoms with van der Waals surface area (Å²) in [6.45, 7) is 18.0. The van der Waals surface area contributed by atoms with Crippen LogP contribution in [0.2, 0.25) is 0 Å². The number of nitrogens with one attached hydrogen (secondary N) is 6. The number of unbranched alkanes of at least 4 members (excludes halogenated alkanes) is 8. The Morgan fingerprint density at radius 3 is 1.64 bits per heavy atom. The summed E-state index contributed by atoms with van der Waals surface area (Å²) < 4.78 is 10.6. The summed E-state index contributed by atoms with van der Waals surface area (Å²) in [7, 11) is 0. The zero-order chi connectivity index (χ0) is 44.1. The molecule has 0 saturated carbocycles. The Bertz CT molecular complexity index is 1640. The van der Waals surface area contributed by atoms with E-state index in [0.717, 1.165) is 56.9 Å². The topological polar surface area (TPSA) is 176 Å². The molecule has 0 saturated heterocycles. The molecule has 2 aromatic rings. The van der Waals surface area contributed by atoms with E-state index in [4.69, 9.17) is 21.7 Å². The van der Waals surface area contributed by atoms with E-state index < -0.39 is 29.4 Å². The zero-order valence-electron chi connectivity index (χ0n) is 36.9. The second-order valence-electron chi connectivity index (χ2n) is 17.9. The second kappa shape index (κ2) is 25.0. The predicted molar refractivity (Wildman–Crippen MR) is 240 cm³/mol. The first-order valence-corrected chi connectivity index (χ1v) is 21.4. The Morgan fingerprint density at radius 2 is 1.08 bits per heavy atom. The molecule has 0 aliphatic heterocycles. The van der Waals surface area contributed by atoms with Crippen molar-refractivity contribution in [2.75, 3.05) is 23.7 Å². The van der Waals surface area contributed by atoms with Crippen LogP contribution in [0.1, 0.15) is 155 Å². The smallest absolute Gasteiger partial charge is 0.408 e. The van der Waals surface area contributed by atoms with Crippen LogP contribution in [0.15, 0.2) is 48.5 Å². The number of carbonyl (C=O) groups is 5. The van der Waals surface area contributed by atoms with Crippen LogP contribution in [0, 0.1) is 0 Å². The van der Waals surface area contributed by atoms with Crippen LogP contribution in [-0.4, -0.2) is 65.4 Å². The predicted octanol–water partition coefficient (Wildman–Crippen LogP) is 9.26. The van der Waals surface area contributed by atoms with Gasteiger partial charge < -0.3 is 36.1 Å². The van der Waals surface area contributed by atoms with Gasteiger partial charge in [-0.25, -0.2) is 9.59 Å². The first-order chi connectivity index (χ1) is 27.6. The fourth-order valence-electron chi connectivity index (χ4n) is 5.82. The van der Waals surface area contributed by atoms with Crippen molar-refractivity contribution in [3.8, 4) is 0 Å². The summed E-state index contributed by atoms with van der Waals surface area (Å²) in [5.41, 5.74) is 1.78. The molecule has 2 rings (SSSR count). The molecular formula is C45H70N6O7S. The number of anilines is 2. The highest BCUT2D eigenvalue weighted by molar-refractivity contribution is 7.80. The van der Waals surface area contributed by atoms with Crippen molar-refractivity contribution in [3.05, 3.63) is 59.7 Å². The number of hydrogen-bond donors (Lipinski definition) is 6. The van der Waals surface area contributed by atoms with Crippen LogP contribution in [0.25, 0.3) is 0 Å². The van der Waals surface area contributed by atoms with Crippen LogP contribution in [0.5, 0.6) is 0 Å². The lowest BCUT2D eigenvalue weighted by molar-refractivity contribution is -0.123. The van der Waals surface area contributed by atoms with Crippen molar-refractivity contribution in [1.29, 1.82) is 0 Å². The third-order valence-corrected chi connectivity index (χ3v) is 9.10. The Labute approximate surface area is 357 Å². The van der Waals surface area contributed by atoms with E-state index in [0.29, 0.717) is 55.7 Å². The highest BCUT2D eigenvalue weighted by atomic mass is 32.1.